The van der Waals surface area contributed by atoms with Crippen LogP contribution < -0.4 is 15.0 Å². The number of nitrogens with zero attached hydrogens (tertiary/aromatic N) is 6. The van der Waals surface area contributed by atoms with Crippen LogP contribution in [0.1, 0.15) is 5.69 Å². The van der Waals surface area contributed by atoms with Gasteiger partial charge in [0.05, 0.1) is 25.3 Å². The zero-order chi connectivity index (χ0) is 21.9. The molecule has 1 aliphatic rings. The van der Waals surface area contributed by atoms with Crippen LogP contribution in [0.5, 0.6) is 5.75 Å². The van der Waals surface area contributed by atoms with Crippen molar-refractivity contribution >= 4 is 23.1 Å². The summed E-state index contributed by atoms with van der Waals surface area (Å²) in [6, 6.07) is 11.5. The van der Waals surface area contributed by atoms with E-state index in [0.29, 0.717) is 25.5 Å². The molecule has 0 atom stereocenters. The van der Waals surface area contributed by atoms with Crippen molar-refractivity contribution in [2.45, 2.75) is 6.54 Å². The minimum Gasteiger partial charge on any atom is -0.497 e. The number of aromatic nitrogens is 5. The van der Waals surface area contributed by atoms with Crippen LogP contribution >= 0.6 is 11.3 Å². The number of methoxy groups -OCH3 is 1. The van der Waals surface area contributed by atoms with Gasteiger partial charge in [0.25, 0.3) is 0 Å². The number of benzene rings is 1. The molecule has 0 bridgehead atoms. The molecule has 0 spiro atoms. The van der Waals surface area contributed by atoms with Crippen molar-refractivity contribution in [2.24, 2.45) is 5.92 Å². The number of hydrogen-bond donors (Lipinski definition) is 1. The quantitative estimate of drug-likeness (QED) is 0.465. The summed E-state index contributed by atoms with van der Waals surface area (Å²) in [5, 5.41) is 10.1. The molecule has 32 heavy (non-hydrogen) atoms. The smallest absolute Gasteiger partial charge is 0.227 e. The summed E-state index contributed by atoms with van der Waals surface area (Å²) >= 11 is 1.56. The Labute approximate surface area is 188 Å². The number of nitrogens with one attached hydrogen (secondary N) is 1. The molecule has 162 valence electrons. The lowest BCUT2D eigenvalue weighted by Crippen LogP contribution is -2.54. The van der Waals surface area contributed by atoms with Gasteiger partial charge in [-0.25, -0.2) is 19.6 Å². The normalized spacial score (nSPS) is 13.6. The zero-order valence-electron chi connectivity index (χ0n) is 17.4. The summed E-state index contributed by atoms with van der Waals surface area (Å²) in [7, 11) is 1.65. The fraction of sp³-hybridized carbons (Fsp3) is 0.227. The molecule has 0 saturated carbocycles. The van der Waals surface area contributed by atoms with Gasteiger partial charge in [-0.3, -0.25) is 4.79 Å². The van der Waals surface area contributed by atoms with Gasteiger partial charge in [-0.15, -0.1) is 11.3 Å². The summed E-state index contributed by atoms with van der Waals surface area (Å²) in [6.45, 7) is 1.66. The predicted molar refractivity (Wildman–Crippen MR) is 121 cm³/mol. The Morgan fingerprint density at radius 1 is 1.22 bits per heavy atom. The van der Waals surface area contributed by atoms with Gasteiger partial charge < -0.3 is 15.0 Å². The highest BCUT2D eigenvalue weighted by Gasteiger charge is 2.33. The maximum Gasteiger partial charge on any atom is 0.227 e. The topological polar surface area (TPSA) is 98.1 Å². The highest BCUT2D eigenvalue weighted by Crippen LogP contribution is 2.26. The van der Waals surface area contributed by atoms with E-state index in [-0.39, 0.29) is 11.8 Å². The first-order chi connectivity index (χ1) is 15.7. The molecule has 5 rings (SSSR count). The lowest BCUT2D eigenvalue weighted by atomic mass is 9.99. The predicted octanol–water partition coefficient (Wildman–Crippen LogP) is 2.55. The van der Waals surface area contributed by atoms with E-state index in [9.17, 15) is 4.79 Å². The molecule has 3 aromatic heterocycles. The Morgan fingerprint density at radius 2 is 2.03 bits per heavy atom. The molecule has 1 amide bonds. The van der Waals surface area contributed by atoms with Gasteiger partial charge in [-0.1, -0.05) is 0 Å². The summed E-state index contributed by atoms with van der Waals surface area (Å²) in [5.74, 6) is 2.26. The molecular weight excluding hydrogens is 426 g/mol. The number of rotatable bonds is 7. The van der Waals surface area contributed by atoms with E-state index in [1.807, 2.05) is 48.0 Å². The minimum atomic E-state index is -0.0715. The van der Waals surface area contributed by atoms with E-state index in [1.165, 1.54) is 6.33 Å². The van der Waals surface area contributed by atoms with Gasteiger partial charge in [0.2, 0.25) is 5.91 Å². The summed E-state index contributed by atoms with van der Waals surface area (Å²) in [5.41, 5.74) is 1.88. The van der Waals surface area contributed by atoms with Gasteiger partial charge in [0.15, 0.2) is 5.82 Å². The Hall–Kier alpha value is -3.79. The Balaban J connectivity index is 1.13. The monoisotopic (exact) mass is 447 g/mol. The zero-order valence-corrected chi connectivity index (χ0v) is 18.2. The lowest BCUT2D eigenvalue weighted by molar-refractivity contribution is -0.125. The fourth-order valence-electron chi connectivity index (χ4n) is 3.45. The number of anilines is 1. The van der Waals surface area contributed by atoms with Crippen LogP contribution in [0.3, 0.4) is 0 Å². The van der Waals surface area contributed by atoms with Crippen molar-refractivity contribution < 1.29 is 9.53 Å². The van der Waals surface area contributed by atoms with Gasteiger partial charge >= 0.3 is 0 Å². The van der Waals surface area contributed by atoms with Crippen LogP contribution in [0.4, 0.5) is 5.82 Å². The van der Waals surface area contributed by atoms with E-state index >= 15 is 0 Å². The second-order valence-corrected chi connectivity index (χ2v) is 8.24. The van der Waals surface area contributed by atoms with E-state index in [1.54, 1.807) is 29.3 Å². The van der Waals surface area contributed by atoms with Crippen LogP contribution in [0.2, 0.25) is 0 Å². The molecule has 4 aromatic rings. The summed E-state index contributed by atoms with van der Waals surface area (Å²) in [6.07, 6.45) is 5.05. The van der Waals surface area contributed by atoms with Crippen molar-refractivity contribution in [1.82, 2.24) is 30.0 Å². The molecule has 1 aromatic carbocycles. The van der Waals surface area contributed by atoms with Crippen LogP contribution in [-0.4, -0.2) is 50.8 Å². The molecular formula is C22H21N7O2S. The van der Waals surface area contributed by atoms with E-state index in [0.717, 1.165) is 27.8 Å². The van der Waals surface area contributed by atoms with Crippen molar-refractivity contribution in [3.63, 3.8) is 0 Å². The molecule has 0 radical (unpaired) electrons. The maximum atomic E-state index is 12.6. The van der Waals surface area contributed by atoms with Crippen LogP contribution in [-0.2, 0) is 11.3 Å². The number of amides is 1. The van der Waals surface area contributed by atoms with Gasteiger partial charge in [0, 0.05) is 42.5 Å². The molecule has 1 aliphatic heterocycles. The van der Waals surface area contributed by atoms with Crippen molar-refractivity contribution in [1.29, 1.82) is 0 Å². The molecule has 1 N–H and O–H groups in total. The number of carbonyl (C=O) groups is 1. The maximum absolute atomic E-state index is 12.6. The second kappa shape index (κ2) is 8.75. The third-order valence-electron chi connectivity index (χ3n) is 5.29. The standard InChI is InChI=1S/C22H21N7O2S/c1-31-18-5-3-15(4-6-18)22-27-17(13-32-22)10-23-21(30)16-11-28(12-16)19-9-20(25-14-24-19)29-8-2-7-26-29/h2-9,13-14,16H,10-12H2,1H3,(H,23,30). The van der Waals surface area contributed by atoms with Crippen LogP contribution in [0.15, 0.2) is 60.5 Å². The minimum absolute atomic E-state index is 0.0293. The molecule has 0 unspecified atom stereocenters. The molecule has 0 aliphatic carbocycles. The summed E-state index contributed by atoms with van der Waals surface area (Å²) < 4.78 is 6.88. The number of thiazole rings is 1. The third kappa shape index (κ3) is 4.17. The molecule has 1 fully saturated rings. The van der Waals surface area contributed by atoms with Gasteiger partial charge in [-0.2, -0.15) is 5.10 Å². The highest BCUT2D eigenvalue weighted by atomic mass is 32.1. The Kier molecular flexibility index (Phi) is 5.51. The SMILES string of the molecule is COc1ccc(-c2nc(CNC(=O)C3CN(c4cc(-n5cccn5)ncn4)C3)cs2)cc1. The largest absolute Gasteiger partial charge is 0.497 e. The number of ether oxygens (including phenoxy) is 1. The fourth-order valence-corrected chi connectivity index (χ4v) is 4.27. The Bertz CT molecular complexity index is 1200. The first-order valence-corrected chi connectivity index (χ1v) is 11.0. The second-order valence-electron chi connectivity index (χ2n) is 7.38. The first-order valence-electron chi connectivity index (χ1n) is 10.1. The molecule has 9 nitrogen and oxygen atoms in total. The molecule has 4 heterocycles. The lowest BCUT2D eigenvalue weighted by Gasteiger charge is -2.39. The third-order valence-corrected chi connectivity index (χ3v) is 6.23. The van der Waals surface area contributed by atoms with Gasteiger partial charge in [-0.05, 0) is 30.3 Å². The van der Waals surface area contributed by atoms with Crippen molar-refractivity contribution in [2.75, 3.05) is 25.1 Å². The van der Waals surface area contributed by atoms with Crippen molar-refractivity contribution in [3.05, 3.63) is 66.2 Å². The van der Waals surface area contributed by atoms with Gasteiger partial charge in [0.1, 0.15) is 22.9 Å². The summed E-state index contributed by atoms with van der Waals surface area (Å²) in [4.78, 5) is 27.8. The van der Waals surface area contributed by atoms with E-state index in [4.69, 9.17) is 4.74 Å². The number of carbonyl (C=O) groups excluding carboxylic acids is 1. The highest BCUT2D eigenvalue weighted by molar-refractivity contribution is 7.13. The van der Waals surface area contributed by atoms with Crippen molar-refractivity contribution in [3.8, 4) is 22.1 Å². The van der Waals surface area contributed by atoms with E-state index < -0.39 is 0 Å². The Morgan fingerprint density at radius 3 is 2.78 bits per heavy atom. The van der Waals surface area contributed by atoms with Crippen LogP contribution in [0.25, 0.3) is 16.4 Å². The van der Waals surface area contributed by atoms with E-state index in [2.05, 4.69) is 30.3 Å². The average Bonchev–Trinajstić information content (AvgIpc) is 3.50. The average molecular weight is 448 g/mol. The first kappa shape index (κ1) is 20.1. The molecule has 1 saturated heterocycles. The number of hydrogen-bond acceptors (Lipinski definition) is 8. The molecule has 10 heteroatoms. The van der Waals surface area contributed by atoms with Crippen LogP contribution in [0, 0.1) is 5.92 Å².